The fourth-order valence-corrected chi connectivity index (χ4v) is 1.48. The first-order valence-corrected chi connectivity index (χ1v) is 4.84. The van der Waals surface area contributed by atoms with Gasteiger partial charge in [-0.15, -0.1) is 0 Å². The smallest absolute Gasteiger partial charge is 0.419 e. The number of methoxy groups -OCH3 is 1. The molecule has 0 aromatic heterocycles. The summed E-state index contributed by atoms with van der Waals surface area (Å²) >= 11 is 0. The van der Waals surface area contributed by atoms with Crippen molar-refractivity contribution in [2.75, 3.05) is 7.11 Å². The predicted octanol–water partition coefficient (Wildman–Crippen LogP) is 2.60. The molecule has 0 aliphatic carbocycles. The van der Waals surface area contributed by atoms with Crippen LogP contribution in [-0.4, -0.2) is 13.2 Å². The molecule has 0 saturated carbocycles. The van der Waals surface area contributed by atoms with E-state index < -0.39 is 11.7 Å². The number of nitrogens with two attached hydrogens (primary N) is 1. The third kappa shape index (κ3) is 3.13. The van der Waals surface area contributed by atoms with Gasteiger partial charge in [-0.05, 0) is 31.0 Å². The standard InChI is InChI=1S/C11H14F3NO/c1-7(15)5-8-3-4-10(16-2)9(6-8)11(12,13)14/h3-4,6-7H,5,15H2,1-2H3/t7-/m0/s1. The van der Waals surface area contributed by atoms with Crippen molar-refractivity contribution in [3.63, 3.8) is 0 Å². The lowest BCUT2D eigenvalue weighted by molar-refractivity contribution is -0.138. The molecule has 0 saturated heterocycles. The monoisotopic (exact) mass is 233 g/mol. The lowest BCUT2D eigenvalue weighted by atomic mass is 10.0. The van der Waals surface area contributed by atoms with Gasteiger partial charge in [0.05, 0.1) is 12.7 Å². The Labute approximate surface area is 92.2 Å². The van der Waals surface area contributed by atoms with Crippen molar-refractivity contribution in [3.05, 3.63) is 29.3 Å². The average Bonchev–Trinajstić information content (AvgIpc) is 2.15. The summed E-state index contributed by atoms with van der Waals surface area (Å²) < 4.78 is 42.6. The first kappa shape index (κ1) is 12.8. The normalized spacial score (nSPS) is 13.6. The molecular weight excluding hydrogens is 219 g/mol. The maximum Gasteiger partial charge on any atom is 0.419 e. The van der Waals surface area contributed by atoms with Gasteiger partial charge in [-0.3, -0.25) is 0 Å². The van der Waals surface area contributed by atoms with Crippen LogP contribution >= 0.6 is 0 Å². The maximum atomic E-state index is 12.6. The Morgan fingerprint density at radius 3 is 2.44 bits per heavy atom. The van der Waals surface area contributed by atoms with Gasteiger partial charge in [0.25, 0.3) is 0 Å². The van der Waals surface area contributed by atoms with Gasteiger partial charge in [0, 0.05) is 6.04 Å². The zero-order chi connectivity index (χ0) is 12.3. The highest BCUT2D eigenvalue weighted by atomic mass is 19.4. The van der Waals surface area contributed by atoms with E-state index in [1.807, 2.05) is 0 Å². The van der Waals surface area contributed by atoms with E-state index in [9.17, 15) is 13.2 Å². The number of hydrogen-bond donors (Lipinski definition) is 1. The number of rotatable bonds is 3. The SMILES string of the molecule is COc1ccc(C[C@H](C)N)cc1C(F)(F)F. The van der Waals surface area contributed by atoms with Crippen LogP contribution in [-0.2, 0) is 12.6 Å². The van der Waals surface area contributed by atoms with E-state index in [4.69, 9.17) is 5.73 Å². The number of hydrogen-bond acceptors (Lipinski definition) is 2. The second kappa shape index (κ2) is 4.74. The fraction of sp³-hybridized carbons (Fsp3) is 0.455. The molecule has 0 bridgehead atoms. The van der Waals surface area contributed by atoms with E-state index >= 15 is 0 Å². The van der Waals surface area contributed by atoms with Gasteiger partial charge in [0.1, 0.15) is 5.75 Å². The lowest BCUT2D eigenvalue weighted by Gasteiger charge is -2.14. The van der Waals surface area contributed by atoms with Crippen LogP contribution in [0.25, 0.3) is 0 Å². The first-order chi connectivity index (χ1) is 7.34. The summed E-state index contributed by atoms with van der Waals surface area (Å²) in [7, 11) is 1.22. The molecule has 0 heterocycles. The van der Waals surface area contributed by atoms with Crippen LogP contribution in [0.15, 0.2) is 18.2 Å². The van der Waals surface area contributed by atoms with Crippen LogP contribution < -0.4 is 10.5 Å². The summed E-state index contributed by atoms with van der Waals surface area (Å²) in [5.41, 5.74) is 5.34. The molecule has 0 amide bonds. The Balaban J connectivity index is 3.12. The molecular formula is C11H14F3NO. The highest BCUT2D eigenvalue weighted by Crippen LogP contribution is 2.36. The van der Waals surface area contributed by atoms with Gasteiger partial charge < -0.3 is 10.5 Å². The van der Waals surface area contributed by atoms with Crippen molar-refractivity contribution in [3.8, 4) is 5.75 Å². The van der Waals surface area contributed by atoms with Crippen LogP contribution in [0, 0.1) is 0 Å². The van der Waals surface area contributed by atoms with E-state index in [2.05, 4.69) is 4.74 Å². The second-order valence-electron chi connectivity index (χ2n) is 3.71. The zero-order valence-corrected chi connectivity index (χ0v) is 9.14. The van der Waals surface area contributed by atoms with Crippen LogP contribution in [0.4, 0.5) is 13.2 Å². The Kier molecular flexibility index (Phi) is 3.80. The van der Waals surface area contributed by atoms with Crippen molar-refractivity contribution in [1.29, 1.82) is 0 Å². The van der Waals surface area contributed by atoms with Crippen molar-refractivity contribution >= 4 is 0 Å². The van der Waals surface area contributed by atoms with Crippen molar-refractivity contribution in [1.82, 2.24) is 0 Å². The molecule has 0 fully saturated rings. The van der Waals surface area contributed by atoms with Crippen LogP contribution in [0.1, 0.15) is 18.1 Å². The minimum absolute atomic E-state index is 0.166. The summed E-state index contributed by atoms with van der Waals surface area (Å²) in [6.45, 7) is 1.75. The van der Waals surface area contributed by atoms with Gasteiger partial charge in [-0.1, -0.05) is 6.07 Å². The summed E-state index contributed by atoms with van der Waals surface area (Å²) in [5, 5.41) is 0. The van der Waals surface area contributed by atoms with E-state index in [0.717, 1.165) is 6.07 Å². The molecule has 0 spiro atoms. The Morgan fingerprint density at radius 2 is 2.00 bits per heavy atom. The van der Waals surface area contributed by atoms with Gasteiger partial charge >= 0.3 is 6.18 Å². The molecule has 16 heavy (non-hydrogen) atoms. The van der Waals surface area contributed by atoms with Crippen LogP contribution in [0.3, 0.4) is 0 Å². The van der Waals surface area contributed by atoms with Crippen molar-refractivity contribution in [2.24, 2.45) is 5.73 Å². The van der Waals surface area contributed by atoms with E-state index in [0.29, 0.717) is 12.0 Å². The zero-order valence-electron chi connectivity index (χ0n) is 9.14. The summed E-state index contributed by atoms with van der Waals surface area (Å²) in [6.07, 6.45) is -3.99. The molecule has 90 valence electrons. The molecule has 0 aliphatic heterocycles. The average molecular weight is 233 g/mol. The Hall–Kier alpha value is -1.23. The highest BCUT2D eigenvalue weighted by molar-refractivity contribution is 5.39. The molecule has 1 aromatic rings. The third-order valence-electron chi connectivity index (χ3n) is 2.13. The van der Waals surface area contributed by atoms with Crippen molar-refractivity contribution < 1.29 is 17.9 Å². The fourth-order valence-electron chi connectivity index (χ4n) is 1.48. The van der Waals surface area contributed by atoms with Gasteiger partial charge in [-0.2, -0.15) is 13.2 Å². The molecule has 1 rings (SSSR count). The molecule has 0 aliphatic rings. The minimum Gasteiger partial charge on any atom is -0.496 e. The summed E-state index contributed by atoms with van der Waals surface area (Å²) in [4.78, 5) is 0. The number of alkyl halides is 3. The quantitative estimate of drug-likeness (QED) is 0.870. The number of benzene rings is 1. The molecule has 1 aromatic carbocycles. The summed E-state index contributed by atoms with van der Waals surface area (Å²) in [5.74, 6) is -0.166. The topological polar surface area (TPSA) is 35.2 Å². The largest absolute Gasteiger partial charge is 0.496 e. The van der Waals surface area contributed by atoms with E-state index in [1.165, 1.54) is 13.2 Å². The Bertz CT molecular complexity index is 361. The Morgan fingerprint density at radius 1 is 1.38 bits per heavy atom. The van der Waals surface area contributed by atoms with Gasteiger partial charge in [-0.25, -0.2) is 0 Å². The predicted molar refractivity (Wildman–Crippen MR) is 55.3 cm³/mol. The second-order valence-corrected chi connectivity index (χ2v) is 3.71. The third-order valence-corrected chi connectivity index (χ3v) is 2.13. The minimum atomic E-state index is -4.40. The van der Waals surface area contributed by atoms with Crippen molar-refractivity contribution in [2.45, 2.75) is 25.6 Å². The van der Waals surface area contributed by atoms with Gasteiger partial charge in [0.15, 0.2) is 0 Å². The first-order valence-electron chi connectivity index (χ1n) is 4.84. The molecule has 1 atom stereocenters. The molecule has 0 unspecified atom stereocenters. The highest BCUT2D eigenvalue weighted by Gasteiger charge is 2.34. The van der Waals surface area contributed by atoms with Gasteiger partial charge in [0.2, 0.25) is 0 Å². The van der Waals surface area contributed by atoms with E-state index in [1.54, 1.807) is 13.0 Å². The molecule has 5 heteroatoms. The number of ether oxygens (including phenoxy) is 1. The number of halogens is 3. The molecule has 2 N–H and O–H groups in total. The van der Waals surface area contributed by atoms with Crippen LogP contribution in [0.2, 0.25) is 0 Å². The lowest BCUT2D eigenvalue weighted by Crippen LogP contribution is -2.18. The molecule has 2 nitrogen and oxygen atoms in total. The maximum absolute atomic E-state index is 12.6. The summed E-state index contributed by atoms with van der Waals surface area (Å²) in [6, 6.07) is 3.83. The van der Waals surface area contributed by atoms with Crippen LogP contribution in [0.5, 0.6) is 5.75 Å². The van der Waals surface area contributed by atoms with E-state index in [-0.39, 0.29) is 11.8 Å². The molecule has 0 radical (unpaired) electrons.